The van der Waals surface area contributed by atoms with Crippen molar-refractivity contribution >= 4 is 0 Å². The van der Waals surface area contributed by atoms with Crippen molar-refractivity contribution in [3.05, 3.63) is 29.1 Å². The molecule has 1 atom stereocenters. The molecule has 96 valence electrons. The van der Waals surface area contributed by atoms with Crippen molar-refractivity contribution in [2.45, 2.75) is 18.9 Å². The highest BCUT2D eigenvalue weighted by Crippen LogP contribution is 2.36. The second-order valence-corrected chi connectivity index (χ2v) is 4.44. The maximum absolute atomic E-state index is 13.4. The summed E-state index contributed by atoms with van der Waals surface area (Å²) < 4.78 is 18.6. The Bertz CT molecular complexity index is 479. The van der Waals surface area contributed by atoms with Gasteiger partial charge in [-0.25, -0.2) is 4.39 Å². The minimum Gasteiger partial charge on any atom is -0.505 e. The largest absolute Gasteiger partial charge is 0.505 e. The molecule has 0 aliphatic carbocycles. The summed E-state index contributed by atoms with van der Waals surface area (Å²) in [4.78, 5) is 0. The molecule has 0 amide bonds. The van der Waals surface area contributed by atoms with E-state index in [9.17, 15) is 9.50 Å². The number of phenols is 1. The Kier molecular flexibility index (Phi) is 3.80. The Hall–Kier alpha value is -1.64. The third-order valence-electron chi connectivity index (χ3n) is 3.40. The molecule has 5 heteroatoms. The van der Waals surface area contributed by atoms with Crippen molar-refractivity contribution in [3.8, 4) is 11.8 Å². The number of halogens is 1. The van der Waals surface area contributed by atoms with Crippen LogP contribution in [0.1, 0.15) is 30.0 Å². The fourth-order valence-electron chi connectivity index (χ4n) is 2.33. The molecular formula is C13H15FN2O2. The van der Waals surface area contributed by atoms with E-state index < -0.39 is 17.6 Å². The van der Waals surface area contributed by atoms with Gasteiger partial charge in [0.1, 0.15) is 0 Å². The molecule has 1 aromatic rings. The lowest BCUT2D eigenvalue weighted by Crippen LogP contribution is -2.28. The first kappa shape index (κ1) is 12.8. The van der Waals surface area contributed by atoms with Gasteiger partial charge in [0.15, 0.2) is 11.6 Å². The number of nitrogens with two attached hydrogens (primary N) is 1. The SMILES string of the molecule is N#Cc1ccc(F)c(O)c1[C@@H](N)C1CCOCC1. The van der Waals surface area contributed by atoms with Gasteiger partial charge in [-0.3, -0.25) is 0 Å². The van der Waals surface area contributed by atoms with Crippen molar-refractivity contribution < 1.29 is 14.2 Å². The third-order valence-corrected chi connectivity index (χ3v) is 3.40. The second-order valence-electron chi connectivity index (χ2n) is 4.44. The number of benzene rings is 1. The van der Waals surface area contributed by atoms with E-state index in [-0.39, 0.29) is 17.0 Å². The highest BCUT2D eigenvalue weighted by molar-refractivity contribution is 5.48. The van der Waals surface area contributed by atoms with E-state index in [1.807, 2.05) is 6.07 Å². The predicted molar refractivity (Wildman–Crippen MR) is 63.3 cm³/mol. The van der Waals surface area contributed by atoms with Gasteiger partial charge in [-0.15, -0.1) is 0 Å². The molecule has 0 unspecified atom stereocenters. The van der Waals surface area contributed by atoms with E-state index in [2.05, 4.69) is 0 Å². The van der Waals surface area contributed by atoms with Crippen molar-refractivity contribution in [2.24, 2.45) is 11.7 Å². The Labute approximate surface area is 105 Å². The first-order valence-corrected chi connectivity index (χ1v) is 5.90. The lowest BCUT2D eigenvalue weighted by Gasteiger charge is -2.28. The standard InChI is InChI=1S/C13H15FN2O2/c14-10-2-1-9(7-15)11(13(10)17)12(16)8-3-5-18-6-4-8/h1-2,8,12,17H,3-6,16H2/t12-/m0/s1. The molecule has 1 aromatic carbocycles. The molecule has 1 fully saturated rings. The van der Waals surface area contributed by atoms with Gasteiger partial charge in [0.25, 0.3) is 0 Å². The number of nitrogens with zero attached hydrogens (tertiary/aromatic N) is 1. The van der Waals surface area contributed by atoms with E-state index >= 15 is 0 Å². The molecule has 1 saturated heterocycles. The lowest BCUT2D eigenvalue weighted by atomic mass is 9.85. The van der Waals surface area contributed by atoms with Crippen LogP contribution in [0.5, 0.6) is 5.75 Å². The molecule has 0 bridgehead atoms. The fourth-order valence-corrected chi connectivity index (χ4v) is 2.33. The number of rotatable bonds is 2. The molecule has 4 nitrogen and oxygen atoms in total. The zero-order valence-electron chi connectivity index (χ0n) is 9.90. The first-order valence-electron chi connectivity index (χ1n) is 5.90. The van der Waals surface area contributed by atoms with Crippen molar-refractivity contribution in [3.63, 3.8) is 0 Å². The average Bonchev–Trinajstić information content (AvgIpc) is 2.42. The fraction of sp³-hybridized carbons (Fsp3) is 0.462. The maximum atomic E-state index is 13.4. The van der Waals surface area contributed by atoms with Crippen LogP contribution in [0, 0.1) is 23.1 Å². The van der Waals surface area contributed by atoms with Crippen molar-refractivity contribution in [1.82, 2.24) is 0 Å². The van der Waals surface area contributed by atoms with Crippen LogP contribution in [0.15, 0.2) is 12.1 Å². The van der Waals surface area contributed by atoms with Crippen molar-refractivity contribution in [1.29, 1.82) is 5.26 Å². The predicted octanol–water partition coefficient (Wildman–Crippen LogP) is 1.83. The average molecular weight is 250 g/mol. The van der Waals surface area contributed by atoms with Crippen LogP contribution in [0.2, 0.25) is 0 Å². The van der Waals surface area contributed by atoms with Gasteiger partial charge >= 0.3 is 0 Å². The van der Waals surface area contributed by atoms with Crippen LogP contribution in [0.4, 0.5) is 4.39 Å². The van der Waals surface area contributed by atoms with E-state index in [0.717, 1.165) is 18.9 Å². The van der Waals surface area contributed by atoms with Gasteiger partial charge in [0.2, 0.25) is 0 Å². The first-order chi connectivity index (χ1) is 8.65. The summed E-state index contributed by atoms with van der Waals surface area (Å²) in [5.41, 5.74) is 6.52. The lowest BCUT2D eigenvalue weighted by molar-refractivity contribution is 0.0580. The summed E-state index contributed by atoms with van der Waals surface area (Å²) in [7, 11) is 0. The topological polar surface area (TPSA) is 79.3 Å². The number of phenolic OH excluding ortho intramolecular Hbond substituents is 1. The van der Waals surface area contributed by atoms with Crippen LogP contribution in [0.25, 0.3) is 0 Å². The highest BCUT2D eigenvalue weighted by Gasteiger charge is 2.27. The van der Waals surface area contributed by atoms with Gasteiger partial charge in [-0.1, -0.05) is 0 Å². The van der Waals surface area contributed by atoms with Gasteiger partial charge in [-0.05, 0) is 30.9 Å². The van der Waals surface area contributed by atoms with E-state index in [0.29, 0.717) is 13.2 Å². The summed E-state index contributed by atoms with van der Waals surface area (Å²) in [5, 5.41) is 18.8. The van der Waals surface area contributed by atoms with Crippen LogP contribution >= 0.6 is 0 Å². The summed E-state index contributed by atoms with van der Waals surface area (Å²) in [6, 6.07) is 3.83. The summed E-state index contributed by atoms with van der Waals surface area (Å²) in [6.07, 6.45) is 1.50. The number of hydrogen-bond acceptors (Lipinski definition) is 4. The minimum atomic E-state index is -0.744. The molecule has 18 heavy (non-hydrogen) atoms. The van der Waals surface area contributed by atoms with E-state index in [1.165, 1.54) is 6.07 Å². The zero-order chi connectivity index (χ0) is 13.1. The summed E-state index contributed by atoms with van der Waals surface area (Å²) in [6.45, 7) is 1.21. The number of aromatic hydroxyl groups is 1. The highest BCUT2D eigenvalue weighted by atomic mass is 19.1. The summed E-state index contributed by atoms with van der Waals surface area (Å²) >= 11 is 0. The summed E-state index contributed by atoms with van der Waals surface area (Å²) in [5.74, 6) is -1.15. The molecule has 0 radical (unpaired) electrons. The minimum absolute atomic E-state index is 0.0959. The maximum Gasteiger partial charge on any atom is 0.165 e. The van der Waals surface area contributed by atoms with Crippen molar-refractivity contribution in [2.75, 3.05) is 13.2 Å². The molecule has 2 rings (SSSR count). The molecule has 1 aliphatic rings. The molecular weight excluding hydrogens is 235 g/mol. The van der Waals surface area contributed by atoms with Gasteiger partial charge < -0.3 is 15.6 Å². The van der Waals surface area contributed by atoms with Crippen LogP contribution < -0.4 is 5.73 Å². The second kappa shape index (κ2) is 5.34. The Balaban J connectivity index is 2.36. The molecule has 0 aromatic heterocycles. The Morgan fingerprint density at radius 3 is 2.72 bits per heavy atom. The molecule has 0 spiro atoms. The molecule has 0 saturated carbocycles. The molecule has 1 heterocycles. The van der Waals surface area contributed by atoms with Gasteiger partial charge in [0, 0.05) is 24.8 Å². The third kappa shape index (κ3) is 2.30. The zero-order valence-corrected chi connectivity index (χ0v) is 9.90. The van der Waals surface area contributed by atoms with E-state index in [1.54, 1.807) is 0 Å². The van der Waals surface area contributed by atoms with Crippen LogP contribution in [-0.4, -0.2) is 18.3 Å². The van der Waals surface area contributed by atoms with Gasteiger partial charge in [-0.2, -0.15) is 5.26 Å². The number of ether oxygens (including phenoxy) is 1. The van der Waals surface area contributed by atoms with Crippen LogP contribution in [0.3, 0.4) is 0 Å². The monoisotopic (exact) mass is 250 g/mol. The Morgan fingerprint density at radius 1 is 1.44 bits per heavy atom. The normalized spacial score (nSPS) is 18.3. The Morgan fingerprint density at radius 2 is 2.11 bits per heavy atom. The van der Waals surface area contributed by atoms with Gasteiger partial charge in [0.05, 0.1) is 11.6 Å². The smallest absolute Gasteiger partial charge is 0.165 e. The molecule has 3 N–H and O–H groups in total. The quantitative estimate of drug-likeness (QED) is 0.839. The number of nitriles is 1. The number of hydrogen-bond donors (Lipinski definition) is 2. The van der Waals surface area contributed by atoms with E-state index in [4.69, 9.17) is 15.7 Å². The van der Waals surface area contributed by atoms with Crippen LogP contribution in [-0.2, 0) is 4.74 Å². The molecule has 1 aliphatic heterocycles.